The molecular weight excluding hydrogens is 430 g/mol. The summed E-state index contributed by atoms with van der Waals surface area (Å²) in [7, 11) is 0. The first-order valence-corrected chi connectivity index (χ1v) is 12.7. The summed E-state index contributed by atoms with van der Waals surface area (Å²) in [6.45, 7) is 4.88. The van der Waals surface area contributed by atoms with Crippen LogP contribution in [0.1, 0.15) is 57.4 Å². The summed E-state index contributed by atoms with van der Waals surface area (Å²) < 4.78 is 1.67. The van der Waals surface area contributed by atoms with Crippen LogP contribution < -0.4 is 10.9 Å². The van der Waals surface area contributed by atoms with Gasteiger partial charge in [0.15, 0.2) is 5.16 Å². The summed E-state index contributed by atoms with van der Waals surface area (Å²) in [6, 6.07) is 15.3. The molecule has 3 aromatic rings. The van der Waals surface area contributed by atoms with E-state index >= 15 is 0 Å². The molecule has 1 aliphatic rings. The van der Waals surface area contributed by atoms with E-state index in [2.05, 4.69) is 25.2 Å². The number of hydrogen-bond acceptors (Lipinski definition) is 4. The predicted molar refractivity (Wildman–Crippen MR) is 136 cm³/mol. The Morgan fingerprint density at radius 1 is 1.12 bits per heavy atom. The summed E-state index contributed by atoms with van der Waals surface area (Å²) in [5.74, 6) is 0.422. The average molecular weight is 462 g/mol. The number of rotatable bonds is 8. The van der Waals surface area contributed by atoms with Crippen LogP contribution in [0.2, 0.25) is 0 Å². The molecular formula is C27H31N3O2S. The van der Waals surface area contributed by atoms with Gasteiger partial charge in [-0.25, -0.2) is 4.98 Å². The fourth-order valence-corrected chi connectivity index (χ4v) is 5.11. The predicted octanol–water partition coefficient (Wildman–Crippen LogP) is 5.61. The molecule has 0 saturated carbocycles. The third-order valence-corrected chi connectivity index (χ3v) is 6.97. The van der Waals surface area contributed by atoms with Crippen molar-refractivity contribution in [2.24, 2.45) is 0 Å². The van der Waals surface area contributed by atoms with E-state index < -0.39 is 0 Å². The third-order valence-electron chi connectivity index (χ3n) is 6.03. The molecule has 33 heavy (non-hydrogen) atoms. The molecule has 0 aliphatic heterocycles. The Balaban J connectivity index is 1.58. The van der Waals surface area contributed by atoms with Crippen LogP contribution in [0.4, 0.5) is 0 Å². The number of hydrogen-bond donors (Lipinski definition) is 1. The summed E-state index contributed by atoms with van der Waals surface area (Å²) in [5, 5.41) is 4.14. The molecule has 0 saturated heterocycles. The van der Waals surface area contributed by atoms with E-state index in [9.17, 15) is 9.59 Å². The van der Waals surface area contributed by atoms with Gasteiger partial charge < -0.3 is 5.32 Å². The van der Waals surface area contributed by atoms with Crippen LogP contribution >= 0.6 is 11.8 Å². The molecule has 1 heterocycles. The topological polar surface area (TPSA) is 64.0 Å². The van der Waals surface area contributed by atoms with Crippen molar-refractivity contribution in [2.75, 3.05) is 12.3 Å². The first-order valence-electron chi connectivity index (χ1n) is 11.7. The van der Waals surface area contributed by atoms with Crippen LogP contribution in [0, 0.1) is 0 Å². The van der Waals surface area contributed by atoms with Crippen molar-refractivity contribution in [3.63, 3.8) is 0 Å². The monoisotopic (exact) mass is 461 g/mol. The lowest BCUT2D eigenvalue weighted by atomic mass is 9.97. The highest BCUT2D eigenvalue weighted by molar-refractivity contribution is 7.99. The summed E-state index contributed by atoms with van der Waals surface area (Å²) in [6.07, 6.45) is 8.05. The maximum atomic E-state index is 13.5. The number of benzene rings is 2. The standard InChI is InChI=1S/C27H31N3O2S/c1-19(2)21-12-7-9-15-24(21)30-26(32)22-13-6-8-14-23(22)29-27(30)33-18-25(31)28-17-16-20-10-4-3-5-11-20/h6-10,12-15,19H,3-5,11,16-18H2,1-2H3,(H,28,31). The SMILES string of the molecule is CC(C)c1ccccc1-n1c(SCC(=O)NCCC2=CCCCC2)nc2ccccc2c1=O. The van der Waals surface area contributed by atoms with Gasteiger partial charge in [-0.05, 0) is 61.8 Å². The van der Waals surface area contributed by atoms with Gasteiger partial charge in [-0.15, -0.1) is 0 Å². The zero-order chi connectivity index (χ0) is 23.2. The van der Waals surface area contributed by atoms with Gasteiger partial charge >= 0.3 is 0 Å². The molecule has 5 nitrogen and oxygen atoms in total. The van der Waals surface area contributed by atoms with Gasteiger partial charge in [-0.1, -0.05) is 67.6 Å². The molecule has 172 valence electrons. The summed E-state index contributed by atoms with van der Waals surface area (Å²) >= 11 is 1.31. The lowest BCUT2D eigenvalue weighted by Gasteiger charge is -2.18. The molecule has 2 aromatic carbocycles. The van der Waals surface area contributed by atoms with Crippen molar-refractivity contribution < 1.29 is 4.79 Å². The smallest absolute Gasteiger partial charge is 0.266 e. The number of amides is 1. The molecule has 6 heteroatoms. The molecule has 0 atom stereocenters. The van der Waals surface area contributed by atoms with Gasteiger partial charge in [0, 0.05) is 6.54 Å². The Bertz CT molecular complexity index is 1230. The fourth-order valence-electron chi connectivity index (χ4n) is 4.28. The molecule has 0 spiro atoms. The normalized spacial score (nSPS) is 13.8. The van der Waals surface area contributed by atoms with Crippen LogP contribution in [-0.4, -0.2) is 27.8 Å². The minimum Gasteiger partial charge on any atom is -0.355 e. The number of nitrogens with zero attached hydrogens (tertiary/aromatic N) is 2. The van der Waals surface area contributed by atoms with Gasteiger partial charge in [-0.2, -0.15) is 0 Å². The van der Waals surface area contributed by atoms with E-state index in [1.54, 1.807) is 10.6 Å². The molecule has 0 fully saturated rings. The van der Waals surface area contributed by atoms with Crippen molar-refractivity contribution >= 4 is 28.6 Å². The van der Waals surface area contributed by atoms with Crippen LogP contribution in [0.5, 0.6) is 0 Å². The summed E-state index contributed by atoms with van der Waals surface area (Å²) in [4.78, 5) is 30.9. The van der Waals surface area contributed by atoms with Gasteiger partial charge in [0.2, 0.25) is 5.91 Å². The number of nitrogens with one attached hydrogen (secondary N) is 1. The second-order valence-electron chi connectivity index (χ2n) is 8.76. The van der Waals surface area contributed by atoms with E-state index in [0.717, 1.165) is 30.5 Å². The van der Waals surface area contributed by atoms with Crippen LogP contribution in [0.25, 0.3) is 16.6 Å². The van der Waals surface area contributed by atoms with Gasteiger partial charge in [0.05, 0.1) is 22.3 Å². The van der Waals surface area contributed by atoms with Gasteiger partial charge in [-0.3, -0.25) is 14.2 Å². The maximum Gasteiger partial charge on any atom is 0.266 e. The second-order valence-corrected chi connectivity index (χ2v) is 9.70. The molecule has 1 aromatic heterocycles. The third kappa shape index (κ3) is 5.56. The van der Waals surface area contributed by atoms with Crippen molar-refractivity contribution in [1.82, 2.24) is 14.9 Å². The Morgan fingerprint density at radius 3 is 2.70 bits per heavy atom. The summed E-state index contributed by atoms with van der Waals surface area (Å²) in [5.41, 5.74) is 3.88. The minimum absolute atomic E-state index is 0.0393. The van der Waals surface area contributed by atoms with Crippen molar-refractivity contribution in [1.29, 1.82) is 0 Å². The molecule has 1 amide bonds. The number of carbonyl (C=O) groups excluding carboxylic acids is 1. The number of carbonyl (C=O) groups is 1. The molecule has 0 bridgehead atoms. The Morgan fingerprint density at radius 2 is 1.91 bits per heavy atom. The van der Waals surface area contributed by atoms with Crippen LogP contribution in [-0.2, 0) is 4.79 Å². The van der Waals surface area contributed by atoms with Crippen molar-refractivity contribution in [2.45, 2.75) is 57.0 Å². The molecule has 1 aliphatic carbocycles. The van der Waals surface area contributed by atoms with Crippen molar-refractivity contribution in [3.8, 4) is 5.69 Å². The number of para-hydroxylation sites is 2. The highest BCUT2D eigenvalue weighted by atomic mass is 32.2. The number of fused-ring (bicyclic) bond motifs is 1. The highest BCUT2D eigenvalue weighted by Crippen LogP contribution is 2.27. The molecule has 0 unspecified atom stereocenters. The zero-order valence-corrected chi connectivity index (χ0v) is 20.2. The van der Waals surface area contributed by atoms with E-state index in [1.165, 1.54) is 30.2 Å². The molecule has 1 N–H and O–H groups in total. The van der Waals surface area contributed by atoms with Crippen LogP contribution in [0.3, 0.4) is 0 Å². The van der Waals surface area contributed by atoms with Gasteiger partial charge in [0.25, 0.3) is 5.56 Å². The molecule has 0 radical (unpaired) electrons. The lowest BCUT2D eigenvalue weighted by molar-refractivity contribution is -0.118. The highest BCUT2D eigenvalue weighted by Gasteiger charge is 2.18. The number of aromatic nitrogens is 2. The van der Waals surface area contributed by atoms with E-state index in [0.29, 0.717) is 22.6 Å². The first kappa shape index (κ1) is 23.3. The Kier molecular flexibility index (Phi) is 7.65. The number of allylic oxidation sites excluding steroid dienone is 1. The molecule has 4 rings (SSSR count). The second kappa shape index (κ2) is 10.8. The Labute approximate surface area is 199 Å². The van der Waals surface area contributed by atoms with Gasteiger partial charge in [0.1, 0.15) is 0 Å². The lowest BCUT2D eigenvalue weighted by Crippen LogP contribution is -2.28. The zero-order valence-electron chi connectivity index (χ0n) is 19.3. The fraction of sp³-hybridized carbons (Fsp3) is 0.370. The quantitative estimate of drug-likeness (QED) is 0.269. The Hall–Kier alpha value is -2.86. The average Bonchev–Trinajstić information content (AvgIpc) is 2.83. The van der Waals surface area contributed by atoms with E-state index in [1.807, 2.05) is 42.5 Å². The maximum absolute atomic E-state index is 13.5. The minimum atomic E-state index is -0.110. The van der Waals surface area contributed by atoms with E-state index in [-0.39, 0.29) is 23.1 Å². The largest absolute Gasteiger partial charge is 0.355 e. The van der Waals surface area contributed by atoms with Crippen LogP contribution in [0.15, 0.2) is 70.1 Å². The van der Waals surface area contributed by atoms with E-state index in [4.69, 9.17) is 4.98 Å². The first-order chi connectivity index (χ1) is 16.0. The van der Waals surface area contributed by atoms with Crippen molar-refractivity contribution in [3.05, 3.63) is 76.1 Å². The number of thioether (sulfide) groups is 1.